The molecule has 0 saturated heterocycles. The summed E-state index contributed by atoms with van der Waals surface area (Å²) in [5.74, 6) is 0.943. The van der Waals surface area contributed by atoms with Crippen molar-refractivity contribution in [2.24, 2.45) is 5.92 Å². The number of rotatable bonds is 8. The number of benzene rings is 4. The van der Waals surface area contributed by atoms with E-state index in [0.717, 1.165) is 0 Å². The van der Waals surface area contributed by atoms with Crippen molar-refractivity contribution < 1.29 is 35.5 Å². The summed E-state index contributed by atoms with van der Waals surface area (Å²) in [6.07, 6.45) is 0. The van der Waals surface area contributed by atoms with Gasteiger partial charge in [-0.25, -0.2) is 4.79 Å². The van der Waals surface area contributed by atoms with Gasteiger partial charge in [-0.05, 0) is 72.9 Å². The zero-order valence-corrected chi connectivity index (χ0v) is 28.1. The first kappa shape index (κ1) is 33.7. The lowest BCUT2D eigenvalue weighted by Gasteiger charge is -2.25. The summed E-state index contributed by atoms with van der Waals surface area (Å²) < 4.78 is 76.4. The number of ether oxygens (including phenoxy) is 1. The van der Waals surface area contributed by atoms with E-state index in [9.17, 15) is 30.7 Å². The van der Waals surface area contributed by atoms with Crippen molar-refractivity contribution in [3.63, 3.8) is 0 Å². The first-order valence-corrected chi connectivity index (χ1v) is 17.5. The average Bonchev–Trinajstić information content (AvgIpc) is 2.98. The van der Waals surface area contributed by atoms with Gasteiger partial charge in [0.1, 0.15) is 21.3 Å². The molecule has 5 rings (SSSR count). The molecule has 0 aliphatic carbocycles. The maximum Gasteiger partial charge on any atom is 0.319 e. The Bertz CT molecular complexity index is 2280. The Hall–Kier alpha value is -4.69. The van der Waals surface area contributed by atoms with E-state index in [1.165, 1.54) is 19.1 Å². The summed E-state index contributed by atoms with van der Waals surface area (Å²) >= 11 is 0. The minimum absolute atomic E-state index is 0.179. The van der Waals surface area contributed by atoms with E-state index in [2.05, 4.69) is 22.5 Å². The molecule has 5 N–H and O–H groups in total. The number of amides is 2. The zero-order valence-electron chi connectivity index (χ0n) is 26.4. The van der Waals surface area contributed by atoms with Gasteiger partial charge in [-0.3, -0.25) is 9.11 Å². The highest BCUT2D eigenvalue weighted by molar-refractivity contribution is 7.86. The molecule has 0 unspecified atom stereocenters. The van der Waals surface area contributed by atoms with Crippen LogP contribution in [0.4, 0.5) is 21.9 Å². The Balaban J connectivity index is 1.66. The van der Waals surface area contributed by atoms with Crippen molar-refractivity contribution in [2.45, 2.75) is 44.4 Å². The van der Waals surface area contributed by atoms with Crippen molar-refractivity contribution in [3.8, 4) is 11.5 Å². The van der Waals surface area contributed by atoms with E-state index < -0.39 is 26.3 Å². The van der Waals surface area contributed by atoms with Gasteiger partial charge >= 0.3 is 6.03 Å². The molecule has 4 aromatic carbocycles. The fourth-order valence-electron chi connectivity index (χ4n) is 5.76. The summed E-state index contributed by atoms with van der Waals surface area (Å²) in [5.41, 5.74) is 3.27. The molecule has 0 fully saturated rings. The van der Waals surface area contributed by atoms with Gasteiger partial charge < -0.3 is 20.7 Å². The van der Waals surface area contributed by atoms with Crippen LogP contribution in [-0.2, 0) is 20.2 Å². The summed E-state index contributed by atoms with van der Waals surface area (Å²) in [5, 5.41) is 9.97. The van der Waals surface area contributed by atoms with Gasteiger partial charge in [0.2, 0.25) is 0 Å². The smallest absolute Gasteiger partial charge is 0.319 e. The third-order valence-electron chi connectivity index (χ3n) is 7.84. The molecular weight excluding hydrogens is 643 g/mol. The van der Waals surface area contributed by atoms with Crippen LogP contribution >= 0.6 is 0 Å². The van der Waals surface area contributed by atoms with Gasteiger partial charge in [0.05, 0.1) is 5.69 Å². The molecular formula is C34H35N3O8S2. The third kappa shape index (κ3) is 6.74. The molecule has 47 heavy (non-hydrogen) atoms. The van der Waals surface area contributed by atoms with E-state index in [1.54, 1.807) is 62.4 Å². The average molecular weight is 678 g/mol. The highest BCUT2D eigenvalue weighted by Crippen LogP contribution is 2.42. The van der Waals surface area contributed by atoms with E-state index >= 15 is 0 Å². The van der Waals surface area contributed by atoms with E-state index in [1.807, 2.05) is 13.8 Å². The minimum atomic E-state index is -4.70. The molecule has 1 heterocycles. The maximum atomic E-state index is 12.7. The molecule has 0 spiro atoms. The number of hydrogen-bond donors (Lipinski definition) is 5. The molecule has 0 radical (unpaired) electrons. The summed E-state index contributed by atoms with van der Waals surface area (Å²) in [4.78, 5) is 12.1. The Morgan fingerprint density at radius 3 is 2.17 bits per heavy atom. The van der Waals surface area contributed by atoms with Gasteiger partial charge in [-0.1, -0.05) is 50.8 Å². The lowest BCUT2D eigenvalue weighted by molar-refractivity contribution is 0.251. The van der Waals surface area contributed by atoms with Crippen LogP contribution in [0.1, 0.15) is 41.7 Å². The van der Waals surface area contributed by atoms with Crippen molar-refractivity contribution in [2.75, 3.05) is 17.2 Å². The topological polar surface area (TPSA) is 171 Å². The van der Waals surface area contributed by atoms with Crippen molar-refractivity contribution in [1.82, 2.24) is 5.32 Å². The number of hydrogen-bond acceptors (Lipinski definition) is 7. The predicted octanol–water partition coefficient (Wildman–Crippen LogP) is 5.39. The summed E-state index contributed by atoms with van der Waals surface area (Å²) in [6, 6.07) is 15.9. The molecule has 0 atom stereocenters. The molecule has 1 aliphatic heterocycles. The van der Waals surface area contributed by atoms with Gasteiger partial charge in [-0.15, -0.1) is 0 Å². The molecule has 1 aliphatic rings. The van der Waals surface area contributed by atoms with Crippen LogP contribution in [0.25, 0.3) is 12.2 Å². The lowest BCUT2D eigenvalue weighted by atomic mass is 9.92. The van der Waals surface area contributed by atoms with Crippen molar-refractivity contribution in [1.29, 1.82) is 0 Å². The largest absolute Gasteiger partial charge is 0.456 e. The van der Waals surface area contributed by atoms with Gasteiger partial charge in [0, 0.05) is 45.9 Å². The second kappa shape index (κ2) is 12.5. The highest BCUT2D eigenvalue weighted by atomic mass is 32.2. The highest BCUT2D eigenvalue weighted by Gasteiger charge is 2.28. The van der Waals surface area contributed by atoms with Gasteiger partial charge in [-0.2, -0.15) is 16.8 Å². The number of carbonyl (C=O) groups is 1. The Labute approximate surface area is 273 Å². The number of anilines is 3. The van der Waals surface area contributed by atoms with E-state index in [0.29, 0.717) is 56.6 Å². The fourth-order valence-corrected chi connectivity index (χ4v) is 7.43. The maximum absolute atomic E-state index is 12.7. The SMILES string of the molecule is C=c1ccc2c(c1)Oc1cc(Nc3c(C)c(NC(=O)NCC(C)C)c(C)c(S(=O)(=O)O)c3C)ccc1C=2c1ccccc1S(=O)(=O)O. The first-order chi connectivity index (χ1) is 22.0. The van der Waals surface area contributed by atoms with Crippen LogP contribution in [0.5, 0.6) is 11.5 Å². The van der Waals surface area contributed by atoms with Crippen LogP contribution in [0.2, 0.25) is 0 Å². The Kier molecular flexibility index (Phi) is 8.95. The normalized spacial score (nSPS) is 12.6. The van der Waals surface area contributed by atoms with Gasteiger partial charge in [0.15, 0.2) is 0 Å². The standard InChI is InChI=1S/C34H35N3O8S2/c1-18(2)17-35-34(38)37-32-20(4)31(21(5)33(22(32)6)47(42,43)44)36-23-12-14-25-28(16-23)45-27-15-19(3)11-13-24(27)30(25)26-9-7-8-10-29(26)46(39,40)41/h7-16,18,36H,3,17H2,1-2,4-6H3,(H2,35,37,38)(H,39,40,41)(H,42,43,44). The van der Waals surface area contributed by atoms with Crippen LogP contribution in [0.3, 0.4) is 0 Å². The molecule has 0 aromatic heterocycles. The molecule has 0 saturated carbocycles. The number of carbonyl (C=O) groups excluding carboxylic acids is 1. The number of fused-ring (bicyclic) bond motifs is 2. The monoisotopic (exact) mass is 677 g/mol. The number of nitrogens with one attached hydrogen (secondary N) is 3. The molecule has 0 bridgehead atoms. The Morgan fingerprint density at radius 2 is 1.51 bits per heavy atom. The molecule has 246 valence electrons. The molecule has 11 nitrogen and oxygen atoms in total. The van der Waals surface area contributed by atoms with Crippen molar-refractivity contribution >= 4 is 55.5 Å². The second-order valence-electron chi connectivity index (χ2n) is 11.8. The third-order valence-corrected chi connectivity index (χ3v) is 9.88. The predicted molar refractivity (Wildman–Crippen MR) is 181 cm³/mol. The first-order valence-electron chi connectivity index (χ1n) is 14.6. The fraction of sp³-hybridized carbons (Fsp3) is 0.206. The minimum Gasteiger partial charge on any atom is -0.456 e. The van der Waals surface area contributed by atoms with Crippen molar-refractivity contribution in [3.05, 3.63) is 98.9 Å². The van der Waals surface area contributed by atoms with E-state index in [-0.39, 0.29) is 38.1 Å². The second-order valence-corrected chi connectivity index (χ2v) is 14.5. The molecule has 13 heteroatoms. The lowest BCUT2D eigenvalue weighted by Crippen LogP contribution is -2.32. The molecule has 4 aromatic rings. The molecule has 2 amide bonds. The number of urea groups is 1. The van der Waals surface area contributed by atoms with Crippen LogP contribution < -0.4 is 31.1 Å². The van der Waals surface area contributed by atoms with E-state index in [4.69, 9.17) is 4.74 Å². The quantitative estimate of drug-likeness (QED) is 0.135. The van der Waals surface area contributed by atoms with Crippen LogP contribution in [0, 0.1) is 26.7 Å². The Morgan fingerprint density at radius 1 is 0.830 bits per heavy atom. The van der Waals surface area contributed by atoms with Crippen LogP contribution in [-0.4, -0.2) is 38.5 Å². The van der Waals surface area contributed by atoms with Gasteiger partial charge in [0.25, 0.3) is 20.2 Å². The van der Waals surface area contributed by atoms with Crippen LogP contribution in [0.15, 0.2) is 70.5 Å². The summed E-state index contributed by atoms with van der Waals surface area (Å²) in [6.45, 7) is 13.0. The summed E-state index contributed by atoms with van der Waals surface area (Å²) in [7, 11) is -9.29. The zero-order chi connectivity index (χ0) is 34.4.